The Bertz CT molecular complexity index is 638. The van der Waals surface area contributed by atoms with Gasteiger partial charge in [0.05, 0.1) is 6.54 Å². The van der Waals surface area contributed by atoms with Gasteiger partial charge >= 0.3 is 0 Å². The monoisotopic (exact) mass is 343 g/mol. The molecule has 2 heterocycles. The molecule has 2 amide bonds. The second kappa shape index (κ2) is 7.89. The molecule has 3 rings (SSSR count). The highest BCUT2D eigenvalue weighted by Gasteiger charge is 2.23. The predicted octanol–water partition coefficient (Wildman–Crippen LogP) is 3.04. The lowest BCUT2D eigenvalue weighted by molar-refractivity contribution is -0.132. The summed E-state index contributed by atoms with van der Waals surface area (Å²) >= 11 is 0. The number of nitrogens with one attached hydrogen (secondary N) is 1. The molecule has 25 heavy (non-hydrogen) atoms. The number of likely N-dealkylation sites (tertiary alicyclic amines) is 2. The highest BCUT2D eigenvalue weighted by atomic mass is 16.2. The minimum absolute atomic E-state index is 0.116. The summed E-state index contributed by atoms with van der Waals surface area (Å²) in [7, 11) is 0. The summed E-state index contributed by atoms with van der Waals surface area (Å²) in [5.41, 5.74) is 2.67. The number of hydrogen-bond donors (Lipinski definition) is 1. The average Bonchev–Trinajstić information content (AvgIpc) is 3.14. The van der Waals surface area contributed by atoms with Gasteiger partial charge in [-0.05, 0) is 69.7 Å². The standard InChI is InChI=1S/C20H29N3O2/c1-15-13-17(20(25)22-10-5-6-11-22)8-9-18(15)21-14-19(24)23-12-4-3-7-16(23)2/h8-9,13,16,21H,3-7,10-12,14H2,1-2H3/t16-/m1/s1. The number of rotatable bonds is 4. The van der Waals surface area contributed by atoms with Gasteiger partial charge < -0.3 is 15.1 Å². The molecular weight excluding hydrogens is 314 g/mol. The van der Waals surface area contributed by atoms with E-state index in [0.717, 1.165) is 62.1 Å². The highest BCUT2D eigenvalue weighted by Crippen LogP contribution is 2.20. The van der Waals surface area contributed by atoms with Gasteiger partial charge in [0.25, 0.3) is 5.91 Å². The number of carbonyl (C=O) groups excluding carboxylic acids is 2. The first-order valence-electron chi connectivity index (χ1n) is 9.49. The number of carbonyl (C=O) groups is 2. The van der Waals surface area contributed by atoms with Crippen molar-refractivity contribution >= 4 is 17.5 Å². The lowest BCUT2D eigenvalue weighted by atomic mass is 10.0. The molecule has 2 fully saturated rings. The molecule has 5 heteroatoms. The molecule has 0 saturated carbocycles. The SMILES string of the molecule is Cc1cc(C(=O)N2CCCC2)ccc1NCC(=O)N1CCCC[C@H]1C. The van der Waals surface area contributed by atoms with Gasteiger partial charge in [0.2, 0.25) is 5.91 Å². The summed E-state index contributed by atoms with van der Waals surface area (Å²) in [6, 6.07) is 6.05. The number of nitrogens with zero attached hydrogens (tertiary/aromatic N) is 2. The van der Waals surface area contributed by atoms with Crippen LogP contribution in [0.5, 0.6) is 0 Å². The van der Waals surface area contributed by atoms with Crippen LogP contribution in [0.3, 0.4) is 0 Å². The number of benzene rings is 1. The molecule has 2 aliphatic rings. The average molecular weight is 343 g/mol. The third kappa shape index (κ3) is 4.14. The zero-order valence-corrected chi connectivity index (χ0v) is 15.4. The number of aryl methyl sites for hydroxylation is 1. The van der Waals surface area contributed by atoms with Crippen LogP contribution in [0.25, 0.3) is 0 Å². The molecule has 136 valence electrons. The number of piperidine rings is 1. The summed E-state index contributed by atoms with van der Waals surface area (Å²) < 4.78 is 0. The summed E-state index contributed by atoms with van der Waals surface area (Å²) in [6.07, 6.45) is 5.60. The Kier molecular flexibility index (Phi) is 5.61. The molecule has 0 aliphatic carbocycles. The Morgan fingerprint density at radius 3 is 2.52 bits per heavy atom. The maximum absolute atomic E-state index is 12.5. The van der Waals surface area contributed by atoms with E-state index in [-0.39, 0.29) is 11.8 Å². The summed E-state index contributed by atoms with van der Waals surface area (Å²) in [4.78, 5) is 28.8. The first-order chi connectivity index (χ1) is 12.1. The molecule has 2 saturated heterocycles. The number of hydrogen-bond acceptors (Lipinski definition) is 3. The second-order valence-electron chi connectivity index (χ2n) is 7.31. The third-order valence-electron chi connectivity index (χ3n) is 5.42. The molecule has 0 aromatic heterocycles. The first kappa shape index (κ1) is 17.8. The van der Waals surface area contributed by atoms with Crippen molar-refractivity contribution in [2.45, 2.75) is 52.0 Å². The Hall–Kier alpha value is -2.04. The first-order valence-corrected chi connectivity index (χ1v) is 9.49. The van der Waals surface area contributed by atoms with Crippen molar-refractivity contribution in [1.82, 2.24) is 9.80 Å². The molecule has 2 aliphatic heterocycles. The molecule has 0 spiro atoms. The van der Waals surface area contributed by atoms with Gasteiger partial charge in [-0.25, -0.2) is 0 Å². The van der Waals surface area contributed by atoms with Crippen molar-refractivity contribution in [2.75, 3.05) is 31.5 Å². The fraction of sp³-hybridized carbons (Fsp3) is 0.600. The zero-order valence-electron chi connectivity index (χ0n) is 15.4. The van der Waals surface area contributed by atoms with Crippen molar-refractivity contribution < 1.29 is 9.59 Å². The van der Waals surface area contributed by atoms with Crippen LogP contribution < -0.4 is 5.32 Å². The van der Waals surface area contributed by atoms with E-state index < -0.39 is 0 Å². The van der Waals surface area contributed by atoms with Gasteiger partial charge in [0.1, 0.15) is 0 Å². The smallest absolute Gasteiger partial charge is 0.253 e. The topological polar surface area (TPSA) is 52.7 Å². The maximum atomic E-state index is 12.5. The van der Waals surface area contributed by atoms with E-state index in [4.69, 9.17) is 0 Å². The second-order valence-corrected chi connectivity index (χ2v) is 7.31. The largest absolute Gasteiger partial charge is 0.376 e. The van der Waals surface area contributed by atoms with Gasteiger partial charge in [0, 0.05) is 36.9 Å². The zero-order chi connectivity index (χ0) is 17.8. The lowest BCUT2D eigenvalue weighted by Crippen LogP contribution is -2.44. The molecule has 1 atom stereocenters. The number of amides is 2. The molecular formula is C20H29N3O2. The quantitative estimate of drug-likeness (QED) is 0.914. The minimum atomic E-state index is 0.116. The van der Waals surface area contributed by atoms with Gasteiger partial charge in [-0.1, -0.05) is 0 Å². The van der Waals surface area contributed by atoms with Crippen molar-refractivity contribution in [2.24, 2.45) is 0 Å². The van der Waals surface area contributed by atoms with E-state index in [2.05, 4.69) is 12.2 Å². The Morgan fingerprint density at radius 1 is 1.12 bits per heavy atom. The number of anilines is 1. The van der Waals surface area contributed by atoms with Crippen LogP contribution in [0, 0.1) is 6.92 Å². The van der Waals surface area contributed by atoms with Crippen molar-refractivity contribution in [3.05, 3.63) is 29.3 Å². The molecule has 1 aromatic carbocycles. The normalized spacial score (nSPS) is 20.6. The molecule has 1 aromatic rings. The predicted molar refractivity (Wildman–Crippen MR) is 99.8 cm³/mol. The Balaban J connectivity index is 1.59. The van der Waals surface area contributed by atoms with Crippen LogP contribution in [0.1, 0.15) is 54.9 Å². The van der Waals surface area contributed by atoms with Gasteiger partial charge in [-0.15, -0.1) is 0 Å². The Labute approximate surface area is 150 Å². The van der Waals surface area contributed by atoms with Gasteiger partial charge in [0.15, 0.2) is 0 Å². The molecule has 1 N–H and O–H groups in total. The summed E-state index contributed by atoms with van der Waals surface area (Å²) in [5.74, 6) is 0.272. The van der Waals surface area contributed by atoms with Crippen LogP contribution in [-0.4, -0.2) is 53.8 Å². The third-order valence-corrected chi connectivity index (χ3v) is 5.42. The van der Waals surface area contributed by atoms with E-state index in [1.165, 1.54) is 6.42 Å². The summed E-state index contributed by atoms with van der Waals surface area (Å²) in [5, 5.41) is 3.25. The van der Waals surface area contributed by atoms with E-state index in [0.29, 0.717) is 12.6 Å². The van der Waals surface area contributed by atoms with Crippen molar-refractivity contribution in [1.29, 1.82) is 0 Å². The highest BCUT2D eigenvalue weighted by molar-refractivity contribution is 5.95. The lowest BCUT2D eigenvalue weighted by Gasteiger charge is -2.33. The molecule has 0 radical (unpaired) electrons. The van der Waals surface area contributed by atoms with E-state index in [9.17, 15) is 9.59 Å². The van der Waals surface area contributed by atoms with Crippen LogP contribution in [0.4, 0.5) is 5.69 Å². The van der Waals surface area contributed by atoms with Crippen LogP contribution >= 0.6 is 0 Å². The molecule has 0 bridgehead atoms. The fourth-order valence-electron chi connectivity index (χ4n) is 3.84. The molecule has 0 unspecified atom stereocenters. The van der Waals surface area contributed by atoms with Crippen LogP contribution in [-0.2, 0) is 4.79 Å². The van der Waals surface area contributed by atoms with E-state index in [1.807, 2.05) is 34.9 Å². The van der Waals surface area contributed by atoms with E-state index in [1.54, 1.807) is 0 Å². The minimum Gasteiger partial charge on any atom is -0.376 e. The van der Waals surface area contributed by atoms with Crippen molar-refractivity contribution in [3.63, 3.8) is 0 Å². The van der Waals surface area contributed by atoms with Gasteiger partial charge in [-0.2, -0.15) is 0 Å². The fourth-order valence-corrected chi connectivity index (χ4v) is 3.84. The van der Waals surface area contributed by atoms with E-state index >= 15 is 0 Å². The maximum Gasteiger partial charge on any atom is 0.253 e. The van der Waals surface area contributed by atoms with Crippen molar-refractivity contribution in [3.8, 4) is 0 Å². The summed E-state index contributed by atoms with van der Waals surface area (Å²) in [6.45, 7) is 7.01. The molecule has 5 nitrogen and oxygen atoms in total. The van der Waals surface area contributed by atoms with Crippen LogP contribution in [0.2, 0.25) is 0 Å². The van der Waals surface area contributed by atoms with Gasteiger partial charge in [-0.3, -0.25) is 9.59 Å². The van der Waals surface area contributed by atoms with Crippen LogP contribution in [0.15, 0.2) is 18.2 Å². The Morgan fingerprint density at radius 2 is 1.84 bits per heavy atom.